The monoisotopic (exact) mass is 442 g/mol. The average molecular weight is 443 g/mol. The van der Waals surface area contributed by atoms with Gasteiger partial charge in [-0.05, 0) is 62.1 Å². The molecule has 3 heterocycles. The molecule has 1 unspecified atom stereocenters. The van der Waals surface area contributed by atoms with Gasteiger partial charge in [-0.25, -0.2) is 14.4 Å². The van der Waals surface area contributed by atoms with Gasteiger partial charge in [0.25, 0.3) is 0 Å². The third kappa shape index (κ3) is 4.72. The van der Waals surface area contributed by atoms with Crippen LogP contribution in [0.15, 0.2) is 73.1 Å². The van der Waals surface area contributed by atoms with Gasteiger partial charge in [0, 0.05) is 24.8 Å². The van der Waals surface area contributed by atoms with Crippen LogP contribution in [0.2, 0.25) is 0 Å². The third-order valence-corrected chi connectivity index (χ3v) is 6.01. The molecule has 1 atom stereocenters. The van der Waals surface area contributed by atoms with E-state index in [1.54, 1.807) is 18.3 Å². The zero-order chi connectivity index (χ0) is 22.6. The zero-order valence-electron chi connectivity index (χ0n) is 18.7. The van der Waals surface area contributed by atoms with E-state index >= 15 is 0 Å². The Hall–Kier alpha value is -3.74. The van der Waals surface area contributed by atoms with Gasteiger partial charge in [-0.1, -0.05) is 30.3 Å². The minimum atomic E-state index is -0.267. The lowest BCUT2D eigenvalue weighted by Crippen LogP contribution is -2.29. The Bertz CT molecular complexity index is 1200. The van der Waals surface area contributed by atoms with E-state index in [0.29, 0.717) is 11.8 Å². The zero-order valence-corrected chi connectivity index (χ0v) is 18.7. The van der Waals surface area contributed by atoms with Gasteiger partial charge in [0.1, 0.15) is 23.3 Å². The van der Waals surface area contributed by atoms with Gasteiger partial charge in [-0.2, -0.15) is 4.98 Å². The van der Waals surface area contributed by atoms with Crippen LogP contribution in [0.5, 0.6) is 0 Å². The molecule has 0 bridgehead atoms. The number of hydrogen-bond acceptors (Lipinski definition) is 5. The number of nitrogens with zero attached hydrogens (tertiary/aromatic N) is 5. The maximum Gasteiger partial charge on any atom is 0.225 e. The highest BCUT2D eigenvalue weighted by atomic mass is 19.1. The van der Waals surface area contributed by atoms with Crippen molar-refractivity contribution in [3.8, 4) is 17.2 Å². The highest BCUT2D eigenvalue weighted by Gasteiger charge is 2.19. The van der Waals surface area contributed by atoms with Crippen LogP contribution in [0, 0.1) is 5.82 Å². The lowest BCUT2D eigenvalue weighted by atomic mass is 10.1. The van der Waals surface area contributed by atoms with Crippen molar-refractivity contribution < 1.29 is 4.39 Å². The van der Waals surface area contributed by atoms with Crippen LogP contribution < -0.4 is 10.2 Å². The van der Waals surface area contributed by atoms with Crippen molar-refractivity contribution in [2.24, 2.45) is 0 Å². The van der Waals surface area contributed by atoms with Crippen molar-refractivity contribution in [2.45, 2.75) is 32.2 Å². The van der Waals surface area contributed by atoms with Crippen molar-refractivity contribution in [1.82, 2.24) is 19.5 Å². The highest BCUT2D eigenvalue weighted by molar-refractivity contribution is 5.62. The Morgan fingerprint density at radius 2 is 1.64 bits per heavy atom. The summed E-state index contributed by atoms with van der Waals surface area (Å²) in [6, 6.07) is 18.6. The summed E-state index contributed by atoms with van der Waals surface area (Å²) in [5.41, 5.74) is 2.00. The van der Waals surface area contributed by atoms with E-state index in [9.17, 15) is 4.39 Å². The summed E-state index contributed by atoms with van der Waals surface area (Å²) in [4.78, 5) is 16.4. The minimum absolute atomic E-state index is 0.0599. The molecule has 0 radical (unpaired) electrons. The number of hydrogen-bond donors (Lipinski definition) is 1. The molecule has 2 aromatic heterocycles. The molecule has 0 saturated carbocycles. The van der Waals surface area contributed by atoms with Crippen LogP contribution in [0.25, 0.3) is 17.2 Å². The Balaban J connectivity index is 1.50. The minimum Gasteiger partial charge on any atom is -0.355 e. The molecule has 1 saturated heterocycles. The van der Waals surface area contributed by atoms with Crippen LogP contribution >= 0.6 is 0 Å². The quantitative estimate of drug-likeness (QED) is 0.419. The lowest BCUT2D eigenvalue weighted by molar-refractivity contribution is 0.574. The topological polar surface area (TPSA) is 58.9 Å². The maximum absolute atomic E-state index is 13.6. The van der Waals surface area contributed by atoms with Gasteiger partial charge >= 0.3 is 0 Å². The number of rotatable bonds is 6. The fourth-order valence-electron chi connectivity index (χ4n) is 4.19. The average Bonchev–Trinajstić information content (AvgIpc) is 3.31. The van der Waals surface area contributed by atoms with Gasteiger partial charge in [0.2, 0.25) is 5.95 Å². The van der Waals surface area contributed by atoms with Crippen LogP contribution in [0.3, 0.4) is 0 Å². The van der Waals surface area contributed by atoms with Crippen LogP contribution in [-0.2, 0) is 0 Å². The summed E-state index contributed by atoms with van der Waals surface area (Å²) in [5, 5.41) is 3.39. The second-order valence-corrected chi connectivity index (χ2v) is 8.36. The fraction of sp³-hybridized carbons (Fsp3) is 0.269. The van der Waals surface area contributed by atoms with E-state index in [1.807, 2.05) is 35.0 Å². The van der Waals surface area contributed by atoms with Crippen molar-refractivity contribution in [1.29, 1.82) is 0 Å². The Morgan fingerprint density at radius 3 is 2.39 bits per heavy atom. The van der Waals surface area contributed by atoms with Crippen LogP contribution in [0.1, 0.15) is 37.8 Å². The molecular weight excluding hydrogens is 415 g/mol. The lowest BCUT2D eigenvalue weighted by Gasteiger charge is -2.26. The SMILES string of the molecule is CC(Nc1nccc(-n2cc(N3CCCCC3)nc2-c2ccc(F)cc2)n1)c1ccccc1. The van der Waals surface area contributed by atoms with E-state index in [-0.39, 0.29) is 11.9 Å². The fourth-order valence-corrected chi connectivity index (χ4v) is 4.19. The van der Waals surface area contributed by atoms with Crippen molar-refractivity contribution in [2.75, 3.05) is 23.3 Å². The molecule has 1 aliphatic rings. The first-order chi connectivity index (χ1) is 16.2. The van der Waals surface area contributed by atoms with Crippen LogP contribution in [0.4, 0.5) is 16.2 Å². The molecule has 2 aromatic carbocycles. The molecule has 1 N–H and O–H groups in total. The maximum atomic E-state index is 13.6. The molecule has 1 aliphatic heterocycles. The summed E-state index contributed by atoms with van der Waals surface area (Å²) < 4.78 is 15.5. The number of halogens is 1. The molecule has 33 heavy (non-hydrogen) atoms. The first-order valence-corrected chi connectivity index (χ1v) is 11.4. The standard InChI is InChI=1S/C26H27FN6/c1-19(20-8-4-2-5-9-20)29-26-28-15-14-23(31-26)33-18-24(32-16-6-3-7-17-32)30-25(33)21-10-12-22(27)13-11-21/h2,4-5,8-15,18-19H,3,6-7,16-17H2,1H3,(H,28,29,31). The summed E-state index contributed by atoms with van der Waals surface area (Å²) in [5.74, 6) is 2.64. The second kappa shape index (κ2) is 9.40. The van der Waals surface area contributed by atoms with E-state index in [2.05, 4.69) is 34.3 Å². The number of piperidine rings is 1. The normalized spacial score (nSPS) is 14.8. The first-order valence-electron chi connectivity index (χ1n) is 11.4. The van der Waals surface area contributed by atoms with E-state index in [1.165, 1.54) is 18.6 Å². The van der Waals surface area contributed by atoms with Crippen molar-refractivity contribution >= 4 is 11.8 Å². The van der Waals surface area contributed by atoms with Gasteiger partial charge < -0.3 is 10.2 Å². The summed E-state index contributed by atoms with van der Waals surface area (Å²) >= 11 is 0. The first kappa shape index (κ1) is 21.1. The molecule has 5 rings (SSSR count). The molecule has 1 fully saturated rings. The Kier molecular flexibility index (Phi) is 6.02. The summed E-state index contributed by atoms with van der Waals surface area (Å²) in [7, 11) is 0. The molecule has 0 amide bonds. The Morgan fingerprint density at radius 1 is 0.879 bits per heavy atom. The molecule has 7 heteroatoms. The van der Waals surface area contributed by atoms with Gasteiger partial charge in [0.05, 0.1) is 12.2 Å². The molecule has 4 aromatic rings. The predicted octanol–water partition coefficient (Wildman–Crippen LogP) is 5.63. The molecule has 168 valence electrons. The number of aromatic nitrogens is 4. The van der Waals surface area contributed by atoms with Crippen molar-refractivity contribution in [3.63, 3.8) is 0 Å². The molecule has 0 aliphatic carbocycles. The van der Waals surface area contributed by atoms with E-state index < -0.39 is 0 Å². The molecular formula is C26H27FN6. The Labute approximate surface area is 193 Å². The molecule has 6 nitrogen and oxygen atoms in total. The predicted molar refractivity (Wildman–Crippen MR) is 129 cm³/mol. The largest absolute Gasteiger partial charge is 0.355 e. The summed E-state index contributed by atoms with van der Waals surface area (Å²) in [6.45, 7) is 4.07. The number of benzene rings is 2. The number of anilines is 2. The van der Waals surface area contributed by atoms with Crippen LogP contribution in [-0.4, -0.2) is 32.6 Å². The second-order valence-electron chi connectivity index (χ2n) is 8.36. The smallest absolute Gasteiger partial charge is 0.225 e. The third-order valence-electron chi connectivity index (χ3n) is 6.01. The summed E-state index contributed by atoms with van der Waals surface area (Å²) in [6.07, 6.45) is 7.35. The molecule has 0 spiro atoms. The van der Waals surface area contributed by atoms with E-state index in [4.69, 9.17) is 9.97 Å². The van der Waals surface area contributed by atoms with Gasteiger partial charge in [-0.15, -0.1) is 0 Å². The number of imidazole rings is 1. The van der Waals surface area contributed by atoms with Gasteiger partial charge in [0.15, 0.2) is 0 Å². The van der Waals surface area contributed by atoms with Gasteiger partial charge in [-0.3, -0.25) is 4.57 Å². The highest BCUT2D eigenvalue weighted by Crippen LogP contribution is 2.28. The van der Waals surface area contributed by atoms with E-state index in [0.717, 1.165) is 48.7 Å². The van der Waals surface area contributed by atoms with Crippen molar-refractivity contribution in [3.05, 3.63) is 84.4 Å². The number of nitrogens with one attached hydrogen (secondary N) is 1.